The van der Waals surface area contributed by atoms with Gasteiger partial charge in [-0.2, -0.15) is 0 Å². The van der Waals surface area contributed by atoms with Crippen LogP contribution in [0.25, 0.3) is 6.08 Å². The van der Waals surface area contributed by atoms with Crippen molar-refractivity contribution < 1.29 is 29.0 Å². The zero-order chi connectivity index (χ0) is 24.5. The van der Waals surface area contributed by atoms with E-state index in [0.717, 1.165) is 11.1 Å². The summed E-state index contributed by atoms with van der Waals surface area (Å²) in [6.07, 6.45) is 2.35. The second kappa shape index (κ2) is 12.2. The number of nitrogens with one attached hydrogen (secondary N) is 2. The van der Waals surface area contributed by atoms with Crippen molar-refractivity contribution in [1.29, 1.82) is 0 Å². The van der Waals surface area contributed by atoms with Gasteiger partial charge >= 0.3 is 6.03 Å². The fraction of sp³-hybridized carbons (Fsp3) is 0.333. The highest BCUT2D eigenvalue weighted by Crippen LogP contribution is 2.19. The lowest BCUT2D eigenvalue weighted by Gasteiger charge is -2.32. The Labute approximate surface area is 197 Å². The van der Waals surface area contributed by atoms with E-state index in [-0.39, 0.29) is 25.5 Å². The first-order valence-corrected chi connectivity index (χ1v) is 10.9. The first-order valence-electron chi connectivity index (χ1n) is 10.9. The molecule has 34 heavy (non-hydrogen) atoms. The number of rotatable bonds is 10. The van der Waals surface area contributed by atoms with E-state index in [2.05, 4.69) is 10.9 Å². The maximum Gasteiger partial charge on any atom is 0.345 e. The number of hydroxylamine groups is 1. The van der Waals surface area contributed by atoms with E-state index < -0.39 is 30.6 Å². The number of aliphatic hydroxyl groups is 2. The summed E-state index contributed by atoms with van der Waals surface area (Å²) < 4.78 is 13.5. The van der Waals surface area contributed by atoms with Gasteiger partial charge < -0.3 is 10.2 Å². The van der Waals surface area contributed by atoms with Gasteiger partial charge in [0.05, 0.1) is 31.9 Å². The molecule has 0 spiro atoms. The van der Waals surface area contributed by atoms with Gasteiger partial charge in [-0.25, -0.2) is 20.1 Å². The predicted octanol–water partition coefficient (Wildman–Crippen LogP) is 1.92. The van der Waals surface area contributed by atoms with Gasteiger partial charge in [0.1, 0.15) is 5.82 Å². The molecule has 10 heteroatoms. The van der Waals surface area contributed by atoms with Crippen LogP contribution in [0.4, 0.5) is 9.18 Å². The lowest BCUT2D eigenvalue weighted by atomic mass is 10.0. The second-order valence-electron chi connectivity index (χ2n) is 7.94. The second-order valence-corrected chi connectivity index (χ2v) is 7.94. The normalized spacial score (nSPS) is 14.3. The molecule has 2 aromatic rings. The summed E-state index contributed by atoms with van der Waals surface area (Å²) in [6, 6.07) is 12.4. The zero-order valence-electron chi connectivity index (χ0n) is 18.9. The van der Waals surface area contributed by atoms with Gasteiger partial charge in [-0.3, -0.25) is 19.5 Å². The summed E-state index contributed by atoms with van der Waals surface area (Å²) >= 11 is 0. The van der Waals surface area contributed by atoms with Crippen LogP contribution in [0.5, 0.6) is 0 Å². The molecule has 0 saturated heterocycles. The molecule has 2 aromatic carbocycles. The lowest BCUT2D eigenvalue weighted by molar-refractivity contribution is -0.139. The molecule has 0 aromatic heterocycles. The van der Waals surface area contributed by atoms with Crippen molar-refractivity contribution in [2.45, 2.75) is 38.6 Å². The molecule has 4 N–H and O–H groups in total. The number of carbonyl (C=O) groups excluding carboxylic acids is 2. The SMILES string of the molecule is CC(=O)N(NCc1cccc(F)c1)[C@H](CONC(=O)N1C=Cc2ccccc2C1)CC(O)CO. The van der Waals surface area contributed by atoms with Crippen LogP contribution in [0.1, 0.15) is 30.0 Å². The number of nitrogens with zero attached hydrogens (tertiary/aromatic N) is 2. The van der Waals surface area contributed by atoms with E-state index in [9.17, 15) is 24.2 Å². The molecule has 1 aliphatic rings. The van der Waals surface area contributed by atoms with Crippen LogP contribution in [-0.4, -0.2) is 57.4 Å². The molecule has 1 aliphatic heterocycles. The molecule has 3 amide bonds. The van der Waals surface area contributed by atoms with Gasteiger partial charge in [-0.15, -0.1) is 0 Å². The molecule has 0 aliphatic carbocycles. The van der Waals surface area contributed by atoms with Crippen molar-refractivity contribution in [2.75, 3.05) is 13.2 Å². The number of hydrogen-bond donors (Lipinski definition) is 4. The van der Waals surface area contributed by atoms with E-state index in [4.69, 9.17) is 4.84 Å². The molecule has 1 heterocycles. The minimum atomic E-state index is -1.11. The van der Waals surface area contributed by atoms with Gasteiger partial charge in [-0.1, -0.05) is 36.4 Å². The van der Waals surface area contributed by atoms with Gasteiger partial charge in [-0.05, 0) is 41.3 Å². The van der Waals surface area contributed by atoms with Crippen molar-refractivity contribution in [3.05, 3.63) is 77.2 Å². The number of hydrogen-bond acceptors (Lipinski definition) is 6. The van der Waals surface area contributed by atoms with Gasteiger partial charge in [0.25, 0.3) is 0 Å². The molecule has 0 saturated carbocycles. The summed E-state index contributed by atoms with van der Waals surface area (Å²) in [7, 11) is 0. The van der Waals surface area contributed by atoms with Crippen LogP contribution in [0.15, 0.2) is 54.7 Å². The monoisotopic (exact) mass is 472 g/mol. The average molecular weight is 473 g/mol. The molecular formula is C24H29FN4O5. The van der Waals surface area contributed by atoms with E-state index >= 15 is 0 Å². The molecule has 1 unspecified atom stereocenters. The number of urea groups is 1. The molecule has 0 bridgehead atoms. The molecule has 0 fully saturated rings. The Morgan fingerprint density at radius 1 is 1.24 bits per heavy atom. The number of carbonyl (C=O) groups is 2. The Hall–Kier alpha value is -3.31. The lowest BCUT2D eigenvalue weighted by Crippen LogP contribution is -2.52. The molecule has 182 valence electrons. The number of hydrazine groups is 1. The topological polar surface area (TPSA) is 114 Å². The zero-order valence-corrected chi connectivity index (χ0v) is 18.9. The van der Waals surface area contributed by atoms with Gasteiger partial charge in [0, 0.05) is 19.7 Å². The van der Waals surface area contributed by atoms with Crippen LogP contribution in [0.2, 0.25) is 0 Å². The quantitative estimate of drug-likeness (QED) is 0.393. The Balaban J connectivity index is 1.59. The van der Waals surface area contributed by atoms with Crippen molar-refractivity contribution >= 4 is 18.0 Å². The van der Waals surface area contributed by atoms with Crippen molar-refractivity contribution in [2.24, 2.45) is 0 Å². The fourth-order valence-corrected chi connectivity index (χ4v) is 3.60. The third-order valence-corrected chi connectivity index (χ3v) is 5.33. The van der Waals surface area contributed by atoms with Crippen LogP contribution >= 0.6 is 0 Å². The predicted molar refractivity (Wildman–Crippen MR) is 123 cm³/mol. The maximum absolute atomic E-state index is 13.5. The molecule has 2 atom stereocenters. The highest BCUT2D eigenvalue weighted by Gasteiger charge is 2.25. The van der Waals surface area contributed by atoms with E-state index in [1.807, 2.05) is 30.3 Å². The van der Waals surface area contributed by atoms with E-state index in [1.54, 1.807) is 18.3 Å². The summed E-state index contributed by atoms with van der Waals surface area (Å²) in [6.45, 7) is 1.19. The highest BCUT2D eigenvalue weighted by atomic mass is 19.1. The smallest absolute Gasteiger partial charge is 0.345 e. The Morgan fingerprint density at radius 3 is 2.76 bits per heavy atom. The third-order valence-electron chi connectivity index (χ3n) is 5.33. The maximum atomic E-state index is 13.5. The number of halogens is 1. The Kier molecular flexibility index (Phi) is 9.11. The van der Waals surface area contributed by atoms with Crippen LogP contribution < -0.4 is 10.9 Å². The molecule has 9 nitrogen and oxygen atoms in total. The fourth-order valence-electron chi connectivity index (χ4n) is 3.60. The number of benzene rings is 2. The largest absolute Gasteiger partial charge is 0.394 e. The third kappa shape index (κ3) is 7.09. The number of aliphatic hydroxyl groups excluding tert-OH is 2. The first kappa shape index (κ1) is 25.3. The summed E-state index contributed by atoms with van der Waals surface area (Å²) in [5.41, 5.74) is 7.91. The van der Waals surface area contributed by atoms with E-state index in [1.165, 1.54) is 29.0 Å². The minimum Gasteiger partial charge on any atom is -0.394 e. The highest BCUT2D eigenvalue weighted by molar-refractivity contribution is 5.76. The van der Waals surface area contributed by atoms with Gasteiger partial charge in [0.15, 0.2) is 0 Å². The average Bonchev–Trinajstić information content (AvgIpc) is 2.83. The van der Waals surface area contributed by atoms with E-state index in [0.29, 0.717) is 12.1 Å². The standard InChI is InChI=1S/C24H29FN4O5/c1-17(31)29(26-13-18-5-4-8-21(25)11-18)22(12-23(32)15-30)16-34-27-24(33)28-10-9-19-6-2-3-7-20(19)14-28/h2-11,22-23,26,30,32H,12-16H2,1H3,(H,27,33)/t22-,23?/m0/s1. The number of amides is 3. The molecule has 0 radical (unpaired) electrons. The number of fused-ring (bicyclic) bond motifs is 1. The van der Waals surface area contributed by atoms with Crippen LogP contribution in [0.3, 0.4) is 0 Å². The summed E-state index contributed by atoms with van der Waals surface area (Å²) in [4.78, 5) is 31.7. The molecule has 3 rings (SSSR count). The van der Waals surface area contributed by atoms with Crippen molar-refractivity contribution in [3.8, 4) is 0 Å². The van der Waals surface area contributed by atoms with Crippen LogP contribution in [-0.2, 0) is 22.7 Å². The Morgan fingerprint density at radius 2 is 2.03 bits per heavy atom. The first-order chi connectivity index (χ1) is 16.4. The Bertz CT molecular complexity index is 1020. The van der Waals surface area contributed by atoms with Crippen LogP contribution in [0, 0.1) is 5.82 Å². The summed E-state index contributed by atoms with van der Waals surface area (Å²) in [5, 5.41) is 20.5. The van der Waals surface area contributed by atoms with Crippen molar-refractivity contribution in [3.63, 3.8) is 0 Å². The van der Waals surface area contributed by atoms with Gasteiger partial charge in [0.2, 0.25) is 5.91 Å². The van der Waals surface area contributed by atoms with Crippen molar-refractivity contribution in [1.82, 2.24) is 20.8 Å². The minimum absolute atomic E-state index is 0.0148. The summed E-state index contributed by atoms with van der Waals surface area (Å²) in [5.74, 6) is -0.779. The molecular weight excluding hydrogens is 443 g/mol.